The van der Waals surface area contributed by atoms with Crippen molar-refractivity contribution in [1.82, 2.24) is 0 Å². The Labute approximate surface area is 97.8 Å². The van der Waals surface area contributed by atoms with Crippen LogP contribution in [0.25, 0.3) is 0 Å². The molecule has 88 valence electrons. The lowest BCUT2D eigenvalue weighted by atomic mass is 10.1. The third-order valence-electron chi connectivity index (χ3n) is 3.28. The van der Waals surface area contributed by atoms with Gasteiger partial charge in [0, 0.05) is 12.6 Å². The van der Waals surface area contributed by atoms with Gasteiger partial charge in [0.15, 0.2) is 0 Å². The predicted octanol–water partition coefficient (Wildman–Crippen LogP) is 2.54. The predicted molar refractivity (Wildman–Crippen MR) is 66.4 cm³/mol. The van der Waals surface area contributed by atoms with Crippen molar-refractivity contribution in [3.05, 3.63) is 35.9 Å². The molecule has 1 fully saturated rings. The maximum atomic E-state index is 6.12. The first kappa shape index (κ1) is 11.6. The molecule has 0 aromatic heterocycles. The quantitative estimate of drug-likeness (QED) is 0.746. The minimum absolute atomic E-state index is 0.205. The van der Waals surface area contributed by atoms with Gasteiger partial charge >= 0.3 is 0 Å². The molecule has 1 aliphatic rings. The van der Waals surface area contributed by atoms with Gasteiger partial charge in [0.25, 0.3) is 0 Å². The summed E-state index contributed by atoms with van der Waals surface area (Å²) in [6, 6.07) is 10.9. The Kier molecular flexibility index (Phi) is 3.97. The number of hydrogen-bond donors (Lipinski definition) is 1. The van der Waals surface area contributed by atoms with Gasteiger partial charge in [-0.1, -0.05) is 37.3 Å². The molecule has 0 heterocycles. The lowest BCUT2D eigenvalue weighted by Gasteiger charge is -2.11. The molecule has 3 unspecified atom stereocenters. The molecule has 2 rings (SSSR count). The van der Waals surface area contributed by atoms with Gasteiger partial charge in [0.05, 0.1) is 6.61 Å². The Morgan fingerprint density at radius 2 is 2.12 bits per heavy atom. The standard InChI is InChI=1S/C14H21NO/c1-2-8-16-10-14(15)13-9-12(13)11-6-4-3-5-7-11/h3-7,12-14H,2,8-10,15H2,1H3. The van der Waals surface area contributed by atoms with Crippen molar-refractivity contribution in [1.29, 1.82) is 0 Å². The summed E-state index contributed by atoms with van der Waals surface area (Å²) in [7, 11) is 0. The van der Waals surface area contributed by atoms with E-state index in [0.29, 0.717) is 18.4 Å². The summed E-state index contributed by atoms with van der Waals surface area (Å²) in [4.78, 5) is 0. The van der Waals surface area contributed by atoms with Crippen LogP contribution in [0.1, 0.15) is 31.2 Å². The van der Waals surface area contributed by atoms with E-state index in [1.807, 2.05) is 0 Å². The summed E-state index contributed by atoms with van der Waals surface area (Å²) >= 11 is 0. The van der Waals surface area contributed by atoms with Crippen molar-refractivity contribution in [3.8, 4) is 0 Å². The highest BCUT2D eigenvalue weighted by Crippen LogP contribution is 2.48. The van der Waals surface area contributed by atoms with Crippen LogP contribution in [0.5, 0.6) is 0 Å². The van der Waals surface area contributed by atoms with Crippen molar-refractivity contribution in [2.24, 2.45) is 11.7 Å². The molecule has 0 bridgehead atoms. The van der Waals surface area contributed by atoms with Crippen molar-refractivity contribution in [2.45, 2.75) is 31.7 Å². The second-order valence-electron chi connectivity index (χ2n) is 4.66. The van der Waals surface area contributed by atoms with Crippen LogP contribution in [0.2, 0.25) is 0 Å². The fraction of sp³-hybridized carbons (Fsp3) is 0.571. The second-order valence-corrected chi connectivity index (χ2v) is 4.66. The fourth-order valence-corrected chi connectivity index (χ4v) is 2.26. The third-order valence-corrected chi connectivity index (χ3v) is 3.28. The van der Waals surface area contributed by atoms with E-state index in [1.165, 1.54) is 12.0 Å². The highest BCUT2D eigenvalue weighted by Gasteiger charge is 2.42. The van der Waals surface area contributed by atoms with E-state index in [4.69, 9.17) is 10.5 Å². The van der Waals surface area contributed by atoms with E-state index < -0.39 is 0 Å². The summed E-state index contributed by atoms with van der Waals surface area (Å²) in [5.41, 5.74) is 7.55. The summed E-state index contributed by atoms with van der Waals surface area (Å²) < 4.78 is 5.51. The minimum atomic E-state index is 0.205. The summed E-state index contributed by atoms with van der Waals surface area (Å²) in [5, 5.41) is 0. The van der Waals surface area contributed by atoms with E-state index in [-0.39, 0.29) is 6.04 Å². The summed E-state index contributed by atoms with van der Waals surface area (Å²) in [6.45, 7) is 3.66. The monoisotopic (exact) mass is 219 g/mol. The van der Waals surface area contributed by atoms with Gasteiger partial charge in [-0.25, -0.2) is 0 Å². The van der Waals surface area contributed by atoms with Gasteiger partial charge in [-0.3, -0.25) is 0 Å². The number of ether oxygens (including phenoxy) is 1. The normalized spacial score (nSPS) is 25.4. The van der Waals surface area contributed by atoms with Crippen molar-refractivity contribution >= 4 is 0 Å². The molecule has 2 N–H and O–H groups in total. The van der Waals surface area contributed by atoms with Gasteiger partial charge in [-0.15, -0.1) is 0 Å². The first-order chi connectivity index (χ1) is 7.83. The van der Waals surface area contributed by atoms with Crippen LogP contribution in [0.4, 0.5) is 0 Å². The number of rotatable bonds is 6. The minimum Gasteiger partial charge on any atom is -0.380 e. The Morgan fingerprint density at radius 3 is 2.81 bits per heavy atom. The third kappa shape index (κ3) is 2.83. The van der Waals surface area contributed by atoms with Crippen LogP contribution < -0.4 is 5.73 Å². The maximum Gasteiger partial charge on any atom is 0.0620 e. The highest BCUT2D eigenvalue weighted by atomic mass is 16.5. The van der Waals surface area contributed by atoms with E-state index in [2.05, 4.69) is 37.3 Å². The van der Waals surface area contributed by atoms with Crippen LogP contribution in [0.3, 0.4) is 0 Å². The first-order valence-corrected chi connectivity index (χ1v) is 6.21. The molecule has 1 aromatic rings. The molecule has 0 spiro atoms. The van der Waals surface area contributed by atoms with E-state index in [9.17, 15) is 0 Å². The van der Waals surface area contributed by atoms with Gasteiger partial charge in [0.2, 0.25) is 0 Å². The van der Waals surface area contributed by atoms with Gasteiger partial charge in [0.1, 0.15) is 0 Å². The molecule has 1 aromatic carbocycles. The topological polar surface area (TPSA) is 35.2 Å². The summed E-state index contributed by atoms with van der Waals surface area (Å²) in [6.07, 6.45) is 2.29. The molecule has 0 radical (unpaired) electrons. The highest BCUT2D eigenvalue weighted by molar-refractivity contribution is 5.26. The zero-order valence-electron chi connectivity index (χ0n) is 9.93. The van der Waals surface area contributed by atoms with Crippen LogP contribution in [0, 0.1) is 5.92 Å². The average Bonchev–Trinajstić information content (AvgIpc) is 3.10. The van der Waals surface area contributed by atoms with Crippen LogP contribution in [-0.2, 0) is 4.74 Å². The van der Waals surface area contributed by atoms with Gasteiger partial charge in [-0.05, 0) is 30.2 Å². The van der Waals surface area contributed by atoms with Crippen LogP contribution >= 0.6 is 0 Å². The molecule has 2 nitrogen and oxygen atoms in total. The van der Waals surface area contributed by atoms with E-state index in [0.717, 1.165) is 13.0 Å². The maximum absolute atomic E-state index is 6.12. The Bertz CT molecular complexity index is 312. The molecule has 1 saturated carbocycles. The average molecular weight is 219 g/mol. The first-order valence-electron chi connectivity index (χ1n) is 6.21. The van der Waals surface area contributed by atoms with Gasteiger partial charge in [-0.2, -0.15) is 0 Å². The Morgan fingerprint density at radius 1 is 1.38 bits per heavy atom. The van der Waals surface area contributed by atoms with E-state index in [1.54, 1.807) is 0 Å². The SMILES string of the molecule is CCCOCC(N)C1CC1c1ccccc1. The lowest BCUT2D eigenvalue weighted by Crippen LogP contribution is -2.29. The zero-order chi connectivity index (χ0) is 11.4. The van der Waals surface area contributed by atoms with Crippen LogP contribution in [-0.4, -0.2) is 19.3 Å². The largest absolute Gasteiger partial charge is 0.380 e. The molecule has 2 heteroatoms. The molecule has 0 saturated heterocycles. The molecular weight excluding hydrogens is 198 g/mol. The Hall–Kier alpha value is -0.860. The number of benzene rings is 1. The fourth-order valence-electron chi connectivity index (χ4n) is 2.26. The van der Waals surface area contributed by atoms with Crippen molar-refractivity contribution in [3.63, 3.8) is 0 Å². The second kappa shape index (κ2) is 5.46. The van der Waals surface area contributed by atoms with Crippen molar-refractivity contribution in [2.75, 3.05) is 13.2 Å². The smallest absolute Gasteiger partial charge is 0.0620 e. The van der Waals surface area contributed by atoms with Crippen molar-refractivity contribution < 1.29 is 4.74 Å². The van der Waals surface area contributed by atoms with Crippen LogP contribution in [0.15, 0.2) is 30.3 Å². The molecule has 0 aliphatic heterocycles. The number of hydrogen-bond acceptors (Lipinski definition) is 2. The summed E-state index contributed by atoms with van der Waals surface area (Å²) in [5.74, 6) is 1.29. The van der Waals surface area contributed by atoms with Gasteiger partial charge < -0.3 is 10.5 Å². The molecule has 3 atom stereocenters. The Balaban J connectivity index is 1.78. The number of nitrogens with two attached hydrogens (primary N) is 1. The zero-order valence-corrected chi connectivity index (χ0v) is 9.93. The van der Waals surface area contributed by atoms with E-state index >= 15 is 0 Å². The molecule has 0 amide bonds. The molecule has 16 heavy (non-hydrogen) atoms. The molecular formula is C14H21NO. The lowest BCUT2D eigenvalue weighted by molar-refractivity contribution is 0.116. The molecule has 1 aliphatic carbocycles.